The van der Waals surface area contributed by atoms with Crippen LogP contribution in [0.5, 0.6) is 5.75 Å². The van der Waals surface area contributed by atoms with Crippen molar-refractivity contribution in [3.63, 3.8) is 0 Å². The molecule has 2 aromatic rings. The maximum Gasteiger partial charge on any atom is 0.279 e. The van der Waals surface area contributed by atoms with E-state index in [1.807, 2.05) is 13.8 Å². The summed E-state index contributed by atoms with van der Waals surface area (Å²) in [6, 6.07) is 6.47. The first kappa shape index (κ1) is 17.8. The third kappa shape index (κ3) is 4.25. The minimum Gasteiger partial charge on any atom is -0.494 e. The summed E-state index contributed by atoms with van der Waals surface area (Å²) in [4.78, 5) is 12.0. The zero-order chi connectivity index (χ0) is 17.6. The lowest BCUT2D eigenvalue weighted by molar-refractivity contribution is 0.0950. The lowest BCUT2D eigenvalue weighted by Gasteiger charge is -2.09. The Balaban J connectivity index is 2.19. The van der Waals surface area contributed by atoms with Crippen molar-refractivity contribution in [3.05, 3.63) is 36.0 Å². The average molecular weight is 352 g/mol. The van der Waals surface area contributed by atoms with E-state index in [9.17, 15) is 13.2 Å². The van der Waals surface area contributed by atoms with Crippen LogP contribution in [0.4, 0.5) is 5.69 Å². The summed E-state index contributed by atoms with van der Waals surface area (Å²) in [5.41, 5.74) is 0.329. The molecule has 3 N–H and O–H groups in total. The Bertz CT molecular complexity index is 784. The van der Waals surface area contributed by atoms with Gasteiger partial charge in [-0.2, -0.15) is 13.5 Å². The van der Waals surface area contributed by atoms with Crippen LogP contribution in [0.3, 0.4) is 0 Å². The first-order chi connectivity index (χ1) is 11.5. The van der Waals surface area contributed by atoms with Crippen LogP contribution in [0.2, 0.25) is 0 Å². The van der Waals surface area contributed by atoms with Crippen molar-refractivity contribution in [2.75, 3.05) is 17.9 Å². The summed E-state index contributed by atoms with van der Waals surface area (Å²) < 4.78 is 32.7. The van der Waals surface area contributed by atoms with Gasteiger partial charge in [-0.1, -0.05) is 6.92 Å². The Hall–Kier alpha value is -2.55. The van der Waals surface area contributed by atoms with Crippen LogP contribution < -0.4 is 14.8 Å². The lowest BCUT2D eigenvalue weighted by atomic mass is 10.3. The molecule has 0 aliphatic heterocycles. The second kappa shape index (κ2) is 7.82. The number of carbonyl (C=O) groups excluding carboxylic acids is 1. The topological polar surface area (TPSA) is 113 Å². The number of sulfonamides is 1. The number of anilines is 1. The quantitative estimate of drug-likeness (QED) is 0.670. The maximum atomic E-state index is 12.5. The molecule has 0 unspecified atom stereocenters. The third-order valence-electron chi connectivity index (χ3n) is 3.07. The number of nitrogens with one attached hydrogen (secondary N) is 3. The van der Waals surface area contributed by atoms with Crippen molar-refractivity contribution < 1.29 is 17.9 Å². The summed E-state index contributed by atoms with van der Waals surface area (Å²) in [5, 5.41) is 8.39. The first-order valence-electron chi connectivity index (χ1n) is 7.55. The van der Waals surface area contributed by atoms with E-state index in [2.05, 4.69) is 20.2 Å². The molecule has 1 amide bonds. The smallest absolute Gasteiger partial charge is 0.279 e. The molecular formula is C15H20N4O4S. The van der Waals surface area contributed by atoms with Crippen LogP contribution >= 0.6 is 0 Å². The Morgan fingerprint density at radius 3 is 2.58 bits per heavy atom. The highest BCUT2D eigenvalue weighted by atomic mass is 32.2. The monoisotopic (exact) mass is 352 g/mol. The summed E-state index contributed by atoms with van der Waals surface area (Å²) in [5.74, 6) is 0.152. The number of H-pyrrole nitrogens is 1. The van der Waals surface area contributed by atoms with Gasteiger partial charge in [0, 0.05) is 12.2 Å². The molecule has 0 saturated heterocycles. The number of carbonyl (C=O) groups is 1. The Morgan fingerprint density at radius 1 is 1.25 bits per heavy atom. The van der Waals surface area contributed by atoms with Gasteiger partial charge in [0.2, 0.25) is 0 Å². The molecule has 0 atom stereocenters. The third-order valence-corrected chi connectivity index (χ3v) is 4.42. The standard InChI is InChI=1S/C15H20N4O4S/c1-3-9-16-14(20)13-10-17-18-15(13)24(21,22)19-11-5-7-12(8-6-11)23-4-2/h5-8,10,19H,3-4,9H2,1-2H3,(H,16,20)(H,17,18). The molecule has 24 heavy (non-hydrogen) atoms. The summed E-state index contributed by atoms with van der Waals surface area (Å²) in [6.45, 7) is 4.74. The zero-order valence-corrected chi connectivity index (χ0v) is 14.3. The Labute approximate surface area is 140 Å². The van der Waals surface area contributed by atoms with Crippen LogP contribution in [0.25, 0.3) is 0 Å². The van der Waals surface area contributed by atoms with Crippen molar-refractivity contribution in [1.29, 1.82) is 0 Å². The molecule has 9 heteroatoms. The number of rotatable bonds is 8. The predicted molar refractivity (Wildman–Crippen MR) is 89.6 cm³/mol. The molecule has 8 nitrogen and oxygen atoms in total. The van der Waals surface area contributed by atoms with Gasteiger partial charge in [0.05, 0.1) is 18.4 Å². The second-order valence-electron chi connectivity index (χ2n) is 4.93. The molecule has 0 spiro atoms. The number of benzene rings is 1. The molecule has 0 fully saturated rings. The van der Waals surface area contributed by atoms with Gasteiger partial charge < -0.3 is 10.1 Å². The van der Waals surface area contributed by atoms with Gasteiger partial charge >= 0.3 is 0 Å². The average Bonchev–Trinajstić information content (AvgIpc) is 3.05. The fourth-order valence-corrected chi connectivity index (χ4v) is 3.12. The Kier molecular flexibility index (Phi) is 5.80. The fourth-order valence-electron chi connectivity index (χ4n) is 1.97. The summed E-state index contributed by atoms with van der Waals surface area (Å²) in [6.07, 6.45) is 1.94. The number of hydrogen-bond acceptors (Lipinski definition) is 5. The number of hydrogen-bond donors (Lipinski definition) is 3. The van der Waals surface area contributed by atoms with Crippen LogP contribution in [0.15, 0.2) is 35.5 Å². The van der Waals surface area contributed by atoms with E-state index in [-0.39, 0.29) is 10.6 Å². The molecule has 0 bridgehead atoms. The molecule has 130 valence electrons. The van der Waals surface area contributed by atoms with Crippen LogP contribution in [0.1, 0.15) is 30.6 Å². The molecular weight excluding hydrogens is 332 g/mol. The van der Waals surface area contributed by atoms with Gasteiger partial charge in [-0.15, -0.1) is 0 Å². The van der Waals surface area contributed by atoms with E-state index in [4.69, 9.17) is 4.74 Å². The first-order valence-corrected chi connectivity index (χ1v) is 9.03. The number of amides is 1. The number of aromatic amines is 1. The van der Waals surface area contributed by atoms with Crippen LogP contribution in [-0.2, 0) is 10.0 Å². The maximum absolute atomic E-state index is 12.5. The van der Waals surface area contributed by atoms with Crippen LogP contribution in [-0.4, -0.2) is 37.7 Å². The molecule has 2 rings (SSSR count). The highest BCUT2D eigenvalue weighted by Gasteiger charge is 2.25. The minimum atomic E-state index is -3.97. The van der Waals surface area contributed by atoms with Gasteiger partial charge in [0.1, 0.15) is 5.75 Å². The van der Waals surface area contributed by atoms with E-state index in [1.54, 1.807) is 24.3 Å². The lowest BCUT2D eigenvalue weighted by Crippen LogP contribution is -2.26. The molecule has 0 radical (unpaired) electrons. The van der Waals surface area contributed by atoms with E-state index in [0.717, 1.165) is 6.42 Å². The summed E-state index contributed by atoms with van der Waals surface area (Å²) >= 11 is 0. The van der Waals surface area contributed by atoms with Crippen molar-refractivity contribution in [3.8, 4) is 5.75 Å². The van der Waals surface area contributed by atoms with Crippen molar-refractivity contribution >= 4 is 21.6 Å². The van der Waals surface area contributed by atoms with Gasteiger partial charge in [-0.3, -0.25) is 14.6 Å². The van der Waals surface area contributed by atoms with Crippen molar-refractivity contribution in [1.82, 2.24) is 15.5 Å². The highest BCUT2D eigenvalue weighted by molar-refractivity contribution is 7.92. The molecule has 0 aliphatic carbocycles. The van der Waals surface area contributed by atoms with Gasteiger partial charge in [0.15, 0.2) is 5.03 Å². The fraction of sp³-hybridized carbons (Fsp3) is 0.333. The normalized spacial score (nSPS) is 11.1. The number of aromatic nitrogens is 2. The van der Waals surface area contributed by atoms with Crippen LogP contribution in [0, 0.1) is 0 Å². The zero-order valence-electron chi connectivity index (χ0n) is 13.5. The largest absolute Gasteiger partial charge is 0.494 e. The number of nitrogens with zero attached hydrogens (tertiary/aromatic N) is 1. The van der Waals surface area contributed by atoms with Gasteiger partial charge in [0.25, 0.3) is 15.9 Å². The Morgan fingerprint density at radius 2 is 1.96 bits per heavy atom. The molecule has 1 aromatic heterocycles. The highest BCUT2D eigenvalue weighted by Crippen LogP contribution is 2.20. The van der Waals surface area contributed by atoms with E-state index >= 15 is 0 Å². The number of ether oxygens (including phenoxy) is 1. The SMILES string of the molecule is CCCNC(=O)c1cn[nH]c1S(=O)(=O)Nc1ccc(OCC)cc1. The second-order valence-corrected chi connectivity index (χ2v) is 6.55. The van der Waals surface area contributed by atoms with E-state index < -0.39 is 15.9 Å². The van der Waals surface area contributed by atoms with Crippen molar-refractivity contribution in [2.24, 2.45) is 0 Å². The minimum absolute atomic E-state index is 0.0260. The molecule has 0 aliphatic rings. The van der Waals surface area contributed by atoms with Crippen molar-refractivity contribution in [2.45, 2.75) is 25.3 Å². The van der Waals surface area contributed by atoms with Gasteiger partial charge in [-0.05, 0) is 37.6 Å². The molecule has 1 aromatic carbocycles. The summed E-state index contributed by atoms with van der Waals surface area (Å²) in [7, 11) is -3.97. The van der Waals surface area contributed by atoms with Gasteiger partial charge in [-0.25, -0.2) is 0 Å². The van der Waals surface area contributed by atoms with E-state index in [1.165, 1.54) is 6.20 Å². The molecule has 0 saturated carbocycles. The van der Waals surface area contributed by atoms with E-state index in [0.29, 0.717) is 24.6 Å². The predicted octanol–water partition coefficient (Wildman–Crippen LogP) is 1.75. The molecule has 1 heterocycles.